The van der Waals surface area contributed by atoms with Crippen molar-refractivity contribution in [3.05, 3.63) is 28.8 Å². The molecule has 1 aromatic carbocycles. The second-order valence-corrected chi connectivity index (χ2v) is 4.21. The van der Waals surface area contributed by atoms with Crippen molar-refractivity contribution in [2.24, 2.45) is 0 Å². The summed E-state index contributed by atoms with van der Waals surface area (Å²) in [7, 11) is 0. The molecule has 0 bridgehead atoms. The van der Waals surface area contributed by atoms with Gasteiger partial charge in [0.15, 0.2) is 0 Å². The number of carboxylic acid groups (broad SMARTS) is 2. The van der Waals surface area contributed by atoms with Crippen molar-refractivity contribution in [2.75, 3.05) is 6.61 Å². The molecule has 0 fully saturated rings. The summed E-state index contributed by atoms with van der Waals surface area (Å²) < 4.78 is 5.42. The molecule has 2 N–H and O–H groups in total. The van der Waals surface area contributed by atoms with Gasteiger partial charge in [0.25, 0.3) is 5.97 Å². The highest BCUT2D eigenvalue weighted by atomic mass is 35.5. The number of carbonyl (C=O) groups is 2. The first kappa shape index (κ1) is 17.2. The van der Waals surface area contributed by atoms with E-state index in [1.807, 2.05) is 13.0 Å². The molecular weight excluding hydrogens is 272 g/mol. The first-order valence-electron chi connectivity index (χ1n) is 5.63. The molecule has 0 aromatic heterocycles. The van der Waals surface area contributed by atoms with Crippen LogP contribution in [0.25, 0.3) is 0 Å². The Morgan fingerprint density at radius 3 is 2.42 bits per heavy atom. The van der Waals surface area contributed by atoms with Crippen molar-refractivity contribution in [1.82, 2.24) is 0 Å². The Bertz CT molecular complexity index is 427. The second kappa shape index (κ2) is 9.22. The van der Waals surface area contributed by atoms with Crippen LogP contribution in [0.4, 0.5) is 0 Å². The molecule has 0 radical (unpaired) electrons. The highest BCUT2D eigenvalue weighted by Gasteiger charge is 2.01. The molecule has 1 rings (SSSR count). The van der Waals surface area contributed by atoms with Gasteiger partial charge in [-0.1, -0.05) is 17.7 Å². The molecule has 0 aliphatic carbocycles. The number of hydrogen-bond acceptors (Lipinski definition) is 3. The standard InChI is InChI=1S/C11H13ClO3.C2H4O2/c1-8-4-5-9(12)7-10(8)15-6-2-3-11(13)14;1-2(3)4/h4-5,7H,2-3,6H2,1H3,(H,13,14);1H3,(H,3,4). The van der Waals surface area contributed by atoms with E-state index in [1.165, 1.54) is 0 Å². The first-order valence-corrected chi connectivity index (χ1v) is 6.01. The number of benzene rings is 1. The van der Waals surface area contributed by atoms with Gasteiger partial charge in [-0.3, -0.25) is 9.59 Å². The molecule has 19 heavy (non-hydrogen) atoms. The highest BCUT2D eigenvalue weighted by molar-refractivity contribution is 6.30. The zero-order valence-corrected chi connectivity index (χ0v) is 11.6. The number of aliphatic carboxylic acids is 2. The van der Waals surface area contributed by atoms with Crippen LogP contribution in [-0.2, 0) is 9.59 Å². The number of carboxylic acids is 2. The molecule has 0 spiro atoms. The summed E-state index contributed by atoms with van der Waals surface area (Å²) in [6, 6.07) is 5.40. The third-order valence-corrected chi connectivity index (χ3v) is 2.18. The molecule has 6 heteroatoms. The molecule has 0 saturated heterocycles. The van der Waals surface area contributed by atoms with Crippen LogP contribution in [0, 0.1) is 6.92 Å². The van der Waals surface area contributed by atoms with E-state index in [4.69, 9.17) is 31.3 Å². The van der Waals surface area contributed by atoms with E-state index in [0.29, 0.717) is 23.8 Å². The van der Waals surface area contributed by atoms with Gasteiger partial charge in [0.1, 0.15) is 5.75 Å². The molecular formula is C13H17ClO5. The summed E-state index contributed by atoms with van der Waals surface area (Å²) in [5.41, 5.74) is 0.995. The van der Waals surface area contributed by atoms with Crippen molar-refractivity contribution in [2.45, 2.75) is 26.7 Å². The Balaban J connectivity index is 0.000000711. The first-order chi connectivity index (χ1) is 8.82. The maximum Gasteiger partial charge on any atom is 0.303 e. The van der Waals surface area contributed by atoms with Gasteiger partial charge >= 0.3 is 5.97 Å². The Kier molecular flexibility index (Phi) is 8.37. The summed E-state index contributed by atoms with van der Waals surface area (Å²) >= 11 is 5.81. The molecule has 1 aromatic rings. The Morgan fingerprint density at radius 2 is 1.89 bits per heavy atom. The average molecular weight is 289 g/mol. The minimum absolute atomic E-state index is 0.125. The Labute approximate surface area is 116 Å². The summed E-state index contributed by atoms with van der Waals surface area (Å²) in [4.78, 5) is 19.3. The van der Waals surface area contributed by atoms with E-state index < -0.39 is 11.9 Å². The third-order valence-electron chi connectivity index (χ3n) is 1.94. The predicted octanol–water partition coefficient (Wildman–Crippen LogP) is 2.98. The van der Waals surface area contributed by atoms with Crippen LogP contribution in [0.15, 0.2) is 18.2 Å². The Morgan fingerprint density at radius 1 is 1.32 bits per heavy atom. The zero-order valence-electron chi connectivity index (χ0n) is 10.9. The molecule has 106 valence electrons. The van der Waals surface area contributed by atoms with Gasteiger partial charge in [-0.25, -0.2) is 0 Å². The number of halogens is 1. The van der Waals surface area contributed by atoms with Crippen molar-refractivity contribution in [3.63, 3.8) is 0 Å². The normalized spacial score (nSPS) is 9.21. The van der Waals surface area contributed by atoms with Crippen LogP contribution in [-0.4, -0.2) is 28.8 Å². The Hall–Kier alpha value is -1.75. The van der Waals surface area contributed by atoms with Crippen molar-refractivity contribution in [3.8, 4) is 5.75 Å². The average Bonchev–Trinajstić information content (AvgIpc) is 2.28. The predicted molar refractivity (Wildman–Crippen MR) is 71.9 cm³/mol. The molecule has 0 heterocycles. The smallest absolute Gasteiger partial charge is 0.303 e. The fourth-order valence-corrected chi connectivity index (χ4v) is 1.30. The number of hydrogen-bond donors (Lipinski definition) is 2. The summed E-state index contributed by atoms with van der Waals surface area (Å²) in [6.07, 6.45) is 0.626. The van der Waals surface area contributed by atoms with Gasteiger partial charge in [-0.2, -0.15) is 0 Å². The van der Waals surface area contributed by atoms with E-state index in [9.17, 15) is 4.79 Å². The maximum atomic E-state index is 10.3. The lowest BCUT2D eigenvalue weighted by molar-refractivity contribution is -0.137. The lowest BCUT2D eigenvalue weighted by atomic mass is 10.2. The summed E-state index contributed by atoms with van der Waals surface area (Å²) in [6.45, 7) is 3.40. The van der Waals surface area contributed by atoms with Crippen LogP contribution >= 0.6 is 11.6 Å². The van der Waals surface area contributed by atoms with Crippen LogP contribution < -0.4 is 4.74 Å². The van der Waals surface area contributed by atoms with Crippen LogP contribution in [0.5, 0.6) is 5.75 Å². The van der Waals surface area contributed by atoms with E-state index in [2.05, 4.69) is 0 Å². The van der Waals surface area contributed by atoms with Gasteiger partial charge in [-0.15, -0.1) is 0 Å². The van der Waals surface area contributed by atoms with Crippen molar-refractivity contribution >= 4 is 23.5 Å². The van der Waals surface area contributed by atoms with Gasteiger partial charge in [0.05, 0.1) is 6.61 Å². The summed E-state index contributed by atoms with van der Waals surface area (Å²) in [5, 5.41) is 16.5. The molecule has 5 nitrogen and oxygen atoms in total. The number of ether oxygens (including phenoxy) is 1. The topological polar surface area (TPSA) is 83.8 Å². The van der Waals surface area contributed by atoms with Gasteiger partial charge in [-0.05, 0) is 31.0 Å². The fraction of sp³-hybridized carbons (Fsp3) is 0.385. The van der Waals surface area contributed by atoms with E-state index in [0.717, 1.165) is 12.5 Å². The minimum atomic E-state index is -0.833. The lowest BCUT2D eigenvalue weighted by Gasteiger charge is -2.08. The van der Waals surface area contributed by atoms with Crippen LogP contribution in [0.1, 0.15) is 25.3 Å². The van der Waals surface area contributed by atoms with E-state index in [1.54, 1.807) is 12.1 Å². The van der Waals surface area contributed by atoms with Gasteiger partial charge < -0.3 is 14.9 Å². The molecule has 0 atom stereocenters. The van der Waals surface area contributed by atoms with E-state index >= 15 is 0 Å². The maximum absolute atomic E-state index is 10.3. The number of aryl methyl sites for hydroxylation is 1. The monoisotopic (exact) mass is 288 g/mol. The molecule has 0 unspecified atom stereocenters. The number of rotatable bonds is 5. The van der Waals surface area contributed by atoms with Gasteiger partial charge in [0.2, 0.25) is 0 Å². The SMILES string of the molecule is CC(=O)O.Cc1ccc(Cl)cc1OCCCC(=O)O. The third kappa shape index (κ3) is 9.91. The molecule has 0 saturated carbocycles. The molecule has 0 aliphatic heterocycles. The molecule has 0 aliphatic rings. The van der Waals surface area contributed by atoms with Gasteiger partial charge in [0, 0.05) is 18.4 Å². The largest absolute Gasteiger partial charge is 0.493 e. The highest BCUT2D eigenvalue weighted by Crippen LogP contribution is 2.22. The summed E-state index contributed by atoms with van der Waals surface area (Å²) in [5.74, 6) is -0.922. The van der Waals surface area contributed by atoms with Crippen molar-refractivity contribution in [1.29, 1.82) is 0 Å². The van der Waals surface area contributed by atoms with Crippen LogP contribution in [0.3, 0.4) is 0 Å². The van der Waals surface area contributed by atoms with E-state index in [-0.39, 0.29) is 6.42 Å². The van der Waals surface area contributed by atoms with Crippen molar-refractivity contribution < 1.29 is 24.5 Å². The van der Waals surface area contributed by atoms with Crippen LogP contribution in [0.2, 0.25) is 5.02 Å². The minimum Gasteiger partial charge on any atom is -0.493 e. The second-order valence-electron chi connectivity index (χ2n) is 3.77. The zero-order chi connectivity index (χ0) is 14.8. The fourth-order valence-electron chi connectivity index (χ4n) is 1.13. The lowest BCUT2D eigenvalue weighted by Crippen LogP contribution is -2.02. The molecule has 0 amide bonds. The quantitative estimate of drug-likeness (QED) is 0.814.